The third-order valence-electron chi connectivity index (χ3n) is 2.43. The van der Waals surface area contributed by atoms with E-state index in [1.807, 2.05) is 31.2 Å². The first-order valence-electron chi connectivity index (χ1n) is 6.53. The summed E-state index contributed by atoms with van der Waals surface area (Å²) in [5.41, 5.74) is 0. The Morgan fingerprint density at radius 2 is 2.05 bits per heavy atom. The molecule has 0 aromatic heterocycles. The van der Waals surface area contributed by atoms with Crippen LogP contribution in [0.2, 0.25) is 0 Å². The highest BCUT2D eigenvalue weighted by Gasteiger charge is 2.04. The van der Waals surface area contributed by atoms with Gasteiger partial charge in [-0.2, -0.15) is 0 Å². The molecule has 0 bridgehead atoms. The normalized spacial score (nSPS) is 9.90. The Kier molecular flexibility index (Phi) is 7.72. The van der Waals surface area contributed by atoms with E-state index in [1.165, 1.54) is 0 Å². The van der Waals surface area contributed by atoms with Crippen LogP contribution in [0.3, 0.4) is 0 Å². The van der Waals surface area contributed by atoms with Crippen molar-refractivity contribution in [3.63, 3.8) is 0 Å². The van der Waals surface area contributed by atoms with E-state index in [4.69, 9.17) is 4.74 Å². The van der Waals surface area contributed by atoms with Crippen molar-refractivity contribution in [2.24, 2.45) is 0 Å². The van der Waals surface area contributed by atoms with Crippen LogP contribution in [0, 0.1) is 0 Å². The molecule has 0 unspecified atom stereocenters. The fourth-order valence-electron chi connectivity index (χ4n) is 1.51. The van der Waals surface area contributed by atoms with Crippen LogP contribution < -0.4 is 15.4 Å². The molecule has 0 aliphatic heterocycles. The lowest BCUT2D eigenvalue weighted by Crippen LogP contribution is -2.36. The number of ether oxygens (including phenoxy) is 1. The van der Waals surface area contributed by atoms with Gasteiger partial charge in [-0.1, -0.05) is 22.0 Å². The quantitative estimate of drug-likeness (QED) is 0.708. The monoisotopic (exact) mass is 342 g/mol. The second kappa shape index (κ2) is 9.36. The minimum absolute atomic E-state index is 0.0269. The molecule has 1 rings (SSSR count). The summed E-state index contributed by atoms with van der Waals surface area (Å²) in [4.78, 5) is 22.6. The molecular weight excluding hydrogens is 324 g/mol. The van der Waals surface area contributed by atoms with Crippen molar-refractivity contribution in [1.29, 1.82) is 0 Å². The van der Waals surface area contributed by atoms with Gasteiger partial charge in [0.2, 0.25) is 11.8 Å². The zero-order chi connectivity index (χ0) is 14.8. The van der Waals surface area contributed by atoms with Gasteiger partial charge in [0.25, 0.3) is 0 Å². The van der Waals surface area contributed by atoms with Crippen LogP contribution in [0.5, 0.6) is 5.75 Å². The lowest BCUT2D eigenvalue weighted by molar-refractivity contribution is -0.126. The average molecular weight is 343 g/mol. The summed E-state index contributed by atoms with van der Waals surface area (Å²) in [6.45, 7) is 2.89. The van der Waals surface area contributed by atoms with E-state index in [-0.39, 0.29) is 18.4 Å². The topological polar surface area (TPSA) is 67.4 Å². The van der Waals surface area contributed by atoms with E-state index in [0.717, 1.165) is 10.2 Å². The first-order valence-corrected chi connectivity index (χ1v) is 7.33. The van der Waals surface area contributed by atoms with Crippen molar-refractivity contribution in [3.05, 3.63) is 28.7 Å². The lowest BCUT2D eigenvalue weighted by atomic mass is 10.3. The van der Waals surface area contributed by atoms with E-state index >= 15 is 0 Å². The molecule has 2 N–H and O–H groups in total. The van der Waals surface area contributed by atoms with E-state index in [1.54, 1.807) is 0 Å². The van der Waals surface area contributed by atoms with Crippen LogP contribution in [0.15, 0.2) is 28.7 Å². The Balaban J connectivity index is 2.11. The second-order valence-corrected chi connectivity index (χ2v) is 5.06. The van der Waals surface area contributed by atoms with Gasteiger partial charge < -0.3 is 15.4 Å². The summed E-state index contributed by atoms with van der Waals surface area (Å²) >= 11 is 3.36. The third kappa shape index (κ3) is 7.13. The van der Waals surface area contributed by atoms with Gasteiger partial charge in [0.15, 0.2) is 0 Å². The first-order chi connectivity index (χ1) is 9.61. The molecule has 0 heterocycles. The number of hydrogen-bond acceptors (Lipinski definition) is 3. The van der Waals surface area contributed by atoms with Gasteiger partial charge in [0.1, 0.15) is 5.75 Å². The summed E-state index contributed by atoms with van der Waals surface area (Å²) in [5.74, 6) is 0.447. The SMILES string of the molecule is CCNC(=O)CNC(=O)CCCOc1cccc(Br)c1. The Hall–Kier alpha value is -1.56. The number of benzene rings is 1. The average Bonchev–Trinajstić information content (AvgIpc) is 2.42. The van der Waals surface area contributed by atoms with Crippen LogP contribution in [0.1, 0.15) is 19.8 Å². The Bertz CT molecular complexity index is 452. The maximum atomic E-state index is 11.5. The first kappa shape index (κ1) is 16.5. The highest BCUT2D eigenvalue weighted by atomic mass is 79.9. The molecule has 110 valence electrons. The van der Waals surface area contributed by atoms with Gasteiger partial charge in [0, 0.05) is 17.4 Å². The van der Waals surface area contributed by atoms with Crippen LogP contribution in [0.4, 0.5) is 0 Å². The van der Waals surface area contributed by atoms with E-state index < -0.39 is 0 Å². The molecule has 0 atom stereocenters. The number of carbonyl (C=O) groups is 2. The fourth-order valence-corrected chi connectivity index (χ4v) is 1.88. The van der Waals surface area contributed by atoms with Crippen LogP contribution >= 0.6 is 15.9 Å². The smallest absolute Gasteiger partial charge is 0.239 e. The molecule has 1 aromatic carbocycles. The van der Waals surface area contributed by atoms with Crippen molar-refractivity contribution in [2.45, 2.75) is 19.8 Å². The predicted octanol–water partition coefficient (Wildman–Crippen LogP) is 1.86. The number of nitrogens with one attached hydrogen (secondary N) is 2. The third-order valence-corrected chi connectivity index (χ3v) is 2.93. The largest absolute Gasteiger partial charge is 0.494 e. The number of hydrogen-bond donors (Lipinski definition) is 2. The predicted molar refractivity (Wildman–Crippen MR) is 80.6 cm³/mol. The van der Waals surface area contributed by atoms with Gasteiger partial charge in [0.05, 0.1) is 13.2 Å². The van der Waals surface area contributed by atoms with Crippen molar-refractivity contribution in [3.8, 4) is 5.75 Å². The Morgan fingerprint density at radius 1 is 1.25 bits per heavy atom. The van der Waals surface area contributed by atoms with E-state index in [0.29, 0.717) is 26.0 Å². The summed E-state index contributed by atoms with van der Waals surface area (Å²) in [6, 6.07) is 7.54. The maximum Gasteiger partial charge on any atom is 0.239 e. The molecule has 0 fully saturated rings. The minimum Gasteiger partial charge on any atom is -0.494 e. The number of amides is 2. The van der Waals surface area contributed by atoms with Gasteiger partial charge in [-0.25, -0.2) is 0 Å². The van der Waals surface area contributed by atoms with Crippen LogP contribution in [0.25, 0.3) is 0 Å². The highest BCUT2D eigenvalue weighted by molar-refractivity contribution is 9.10. The zero-order valence-electron chi connectivity index (χ0n) is 11.4. The maximum absolute atomic E-state index is 11.5. The molecule has 20 heavy (non-hydrogen) atoms. The Morgan fingerprint density at radius 3 is 2.75 bits per heavy atom. The number of rotatable bonds is 8. The number of carbonyl (C=O) groups excluding carboxylic acids is 2. The molecule has 0 radical (unpaired) electrons. The van der Waals surface area contributed by atoms with Gasteiger partial charge >= 0.3 is 0 Å². The molecule has 0 aliphatic rings. The minimum atomic E-state index is -0.175. The summed E-state index contributed by atoms with van der Waals surface area (Å²) < 4.78 is 6.47. The molecule has 0 saturated heterocycles. The molecule has 2 amide bonds. The van der Waals surface area contributed by atoms with Crippen molar-refractivity contribution >= 4 is 27.7 Å². The van der Waals surface area contributed by atoms with Crippen molar-refractivity contribution in [2.75, 3.05) is 19.7 Å². The second-order valence-electron chi connectivity index (χ2n) is 4.14. The molecule has 0 spiro atoms. The molecule has 6 heteroatoms. The van der Waals surface area contributed by atoms with E-state index in [2.05, 4.69) is 26.6 Å². The highest BCUT2D eigenvalue weighted by Crippen LogP contribution is 2.17. The van der Waals surface area contributed by atoms with Gasteiger partial charge in [-0.3, -0.25) is 9.59 Å². The summed E-state index contributed by atoms with van der Waals surface area (Å²) in [5, 5.41) is 5.17. The van der Waals surface area contributed by atoms with Gasteiger partial charge in [-0.05, 0) is 31.5 Å². The number of likely N-dealkylation sites (N-methyl/N-ethyl adjacent to an activating group) is 1. The van der Waals surface area contributed by atoms with Gasteiger partial charge in [-0.15, -0.1) is 0 Å². The van der Waals surface area contributed by atoms with Crippen molar-refractivity contribution < 1.29 is 14.3 Å². The standard InChI is InChI=1S/C14H19BrN2O3/c1-2-16-14(19)10-17-13(18)7-4-8-20-12-6-3-5-11(15)9-12/h3,5-6,9H,2,4,7-8,10H2,1H3,(H,16,19)(H,17,18). The van der Waals surface area contributed by atoms with Crippen LogP contribution in [-0.4, -0.2) is 31.5 Å². The summed E-state index contributed by atoms with van der Waals surface area (Å²) in [6.07, 6.45) is 0.946. The number of halogens is 1. The van der Waals surface area contributed by atoms with E-state index in [9.17, 15) is 9.59 Å². The Labute approximate surface area is 127 Å². The molecule has 0 aliphatic carbocycles. The lowest BCUT2D eigenvalue weighted by Gasteiger charge is -2.07. The molecule has 5 nitrogen and oxygen atoms in total. The fraction of sp³-hybridized carbons (Fsp3) is 0.429. The summed E-state index contributed by atoms with van der Waals surface area (Å²) in [7, 11) is 0. The molecule has 0 saturated carbocycles. The zero-order valence-corrected chi connectivity index (χ0v) is 13.0. The molecular formula is C14H19BrN2O3. The van der Waals surface area contributed by atoms with Crippen molar-refractivity contribution in [1.82, 2.24) is 10.6 Å². The molecule has 1 aromatic rings. The van der Waals surface area contributed by atoms with Crippen LogP contribution in [-0.2, 0) is 9.59 Å².